The van der Waals surface area contributed by atoms with Crippen LogP contribution >= 0.6 is 0 Å². The summed E-state index contributed by atoms with van der Waals surface area (Å²) in [5.74, 6) is 0. The summed E-state index contributed by atoms with van der Waals surface area (Å²) in [5.41, 5.74) is 5.80. The topological polar surface area (TPSA) is 55.5 Å². The van der Waals surface area contributed by atoms with Gasteiger partial charge in [0.15, 0.2) is 0 Å². The summed E-state index contributed by atoms with van der Waals surface area (Å²) < 4.78 is 5.60. The highest BCUT2D eigenvalue weighted by atomic mass is 16.5. The Labute approximate surface area is 73.9 Å². The zero-order chi connectivity index (χ0) is 9.14. The maximum Gasteiger partial charge on any atom is 0.0977 e. The molecule has 1 fully saturated rings. The minimum Gasteiger partial charge on any atom is -0.389 e. The molecule has 1 rings (SSSR count). The van der Waals surface area contributed by atoms with Crippen LogP contribution in [0.4, 0.5) is 0 Å². The van der Waals surface area contributed by atoms with Crippen molar-refractivity contribution in [3.8, 4) is 0 Å². The van der Waals surface area contributed by atoms with Crippen molar-refractivity contribution < 1.29 is 9.84 Å². The standard InChI is InChI=1S/C9H19NO2/c1-3-5-7-8(10)9(11)6(4-2)12-7/h6-9,11H,3-5,10H2,1-2H3. The number of rotatable bonds is 3. The van der Waals surface area contributed by atoms with Crippen LogP contribution in [0.15, 0.2) is 0 Å². The number of aliphatic hydroxyl groups excluding tert-OH is 1. The molecule has 0 aromatic carbocycles. The summed E-state index contributed by atoms with van der Waals surface area (Å²) in [6, 6.07) is -0.185. The van der Waals surface area contributed by atoms with E-state index in [9.17, 15) is 5.11 Å². The first-order chi connectivity index (χ1) is 5.70. The van der Waals surface area contributed by atoms with Crippen molar-refractivity contribution in [2.75, 3.05) is 0 Å². The Morgan fingerprint density at radius 2 is 2.00 bits per heavy atom. The second-order valence-electron chi connectivity index (χ2n) is 3.48. The molecule has 0 amide bonds. The molecule has 0 aromatic rings. The predicted octanol–water partition coefficient (Wildman–Crippen LogP) is 0.652. The van der Waals surface area contributed by atoms with Crippen molar-refractivity contribution >= 4 is 0 Å². The van der Waals surface area contributed by atoms with Crippen LogP contribution in [0.1, 0.15) is 33.1 Å². The maximum absolute atomic E-state index is 9.60. The summed E-state index contributed by atoms with van der Waals surface area (Å²) in [7, 11) is 0. The second kappa shape index (κ2) is 4.21. The van der Waals surface area contributed by atoms with E-state index >= 15 is 0 Å². The molecule has 1 saturated heterocycles. The fourth-order valence-corrected chi connectivity index (χ4v) is 1.75. The van der Waals surface area contributed by atoms with Gasteiger partial charge in [0.2, 0.25) is 0 Å². The molecule has 0 aliphatic carbocycles. The summed E-state index contributed by atoms with van der Waals surface area (Å²) in [4.78, 5) is 0. The molecule has 12 heavy (non-hydrogen) atoms. The fraction of sp³-hybridized carbons (Fsp3) is 1.00. The number of hydrogen-bond donors (Lipinski definition) is 2. The van der Waals surface area contributed by atoms with Crippen molar-refractivity contribution in [2.45, 2.75) is 57.5 Å². The molecule has 3 N–H and O–H groups in total. The highest BCUT2D eigenvalue weighted by Gasteiger charge is 2.39. The Kier molecular flexibility index (Phi) is 3.50. The molecular formula is C9H19NO2. The average Bonchev–Trinajstić information content (AvgIpc) is 2.33. The lowest BCUT2D eigenvalue weighted by Gasteiger charge is -2.13. The molecule has 0 spiro atoms. The normalized spacial score (nSPS) is 42.0. The Morgan fingerprint density at radius 1 is 1.33 bits per heavy atom. The van der Waals surface area contributed by atoms with Gasteiger partial charge in [-0.15, -0.1) is 0 Å². The molecule has 0 aromatic heterocycles. The Bertz CT molecular complexity index is 140. The van der Waals surface area contributed by atoms with E-state index in [2.05, 4.69) is 6.92 Å². The third kappa shape index (κ3) is 1.79. The van der Waals surface area contributed by atoms with Crippen LogP contribution in [0.2, 0.25) is 0 Å². The summed E-state index contributed by atoms with van der Waals surface area (Å²) >= 11 is 0. The van der Waals surface area contributed by atoms with E-state index in [0.717, 1.165) is 19.3 Å². The Hall–Kier alpha value is -0.120. The van der Waals surface area contributed by atoms with Gasteiger partial charge in [-0.3, -0.25) is 0 Å². The van der Waals surface area contributed by atoms with E-state index < -0.39 is 6.10 Å². The molecule has 72 valence electrons. The molecule has 3 nitrogen and oxygen atoms in total. The lowest BCUT2D eigenvalue weighted by Crippen LogP contribution is -2.40. The largest absolute Gasteiger partial charge is 0.389 e. The number of ether oxygens (including phenoxy) is 1. The smallest absolute Gasteiger partial charge is 0.0977 e. The molecular weight excluding hydrogens is 154 g/mol. The predicted molar refractivity (Wildman–Crippen MR) is 47.8 cm³/mol. The van der Waals surface area contributed by atoms with Gasteiger partial charge in [0, 0.05) is 0 Å². The molecule has 1 aliphatic rings. The van der Waals surface area contributed by atoms with Gasteiger partial charge in [-0.05, 0) is 12.8 Å². The second-order valence-corrected chi connectivity index (χ2v) is 3.48. The average molecular weight is 173 g/mol. The highest BCUT2D eigenvalue weighted by molar-refractivity contribution is 4.92. The lowest BCUT2D eigenvalue weighted by atomic mass is 10.0. The molecule has 4 unspecified atom stereocenters. The van der Waals surface area contributed by atoms with Gasteiger partial charge in [0.05, 0.1) is 24.4 Å². The third-order valence-electron chi connectivity index (χ3n) is 2.53. The maximum atomic E-state index is 9.60. The SMILES string of the molecule is CCCC1OC(CC)C(O)C1N. The van der Waals surface area contributed by atoms with Crippen molar-refractivity contribution in [1.82, 2.24) is 0 Å². The first kappa shape index (κ1) is 9.96. The highest BCUT2D eigenvalue weighted by Crippen LogP contribution is 2.24. The zero-order valence-electron chi connectivity index (χ0n) is 7.86. The van der Waals surface area contributed by atoms with Crippen LogP contribution in [0.25, 0.3) is 0 Å². The van der Waals surface area contributed by atoms with Crippen molar-refractivity contribution in [3.63, 3.8) is 0 Å². The van der Waals surface area contributed by atoms with Gasteiger partial charge in [-0.25, -0.2) is 0 Å². The lowest BCUT2D eigenvalue weighted by molar-refractivity contribution is 0.00569. The van der Waals surface area contributed by atoms with E-state index in [0.29, 0.717) is 0 Å². The monoisotopic (exact) mass is 173 g/mol. The minimum absolute atomic E-state index is 0.0449. The first-order valence-electron chi connectivity index (χ1n) is 4.79. The minimum atomic E-state index is -0.466. The number of aliphatic hydroxyl groups is 1. The van der Waals surface area contributed by atoms with Crippen molar-refractivity contribution in [3.05, 3.63) is 0 Å². The van der Waals surface area contributed by atoms with Gasteiger partial charge in [0.1, 0.15) is 0 Å². The van der Waals surface area contributed by atoms with E-state index in [1.807, 2.05) is 6.92 Å². The third-order valence-corrected chi connectivity index (χ3v) is 2.53. The molecule has 4 atom stereocenters. The van der Waals surface area contributed by atoms with E-state index in [1.165, 1.54) is 0 Å². The van der Waals surface area contributed by atoms with Gasteiger partial charge < -0.3 is 15.6 Å². The van der Waals surface area contributed by atoms with Crippen LogP contribution in [0.5, 0.6) is 0 Å². The van der Waals surface area contributed by atoms with Crippen molar-refractivity contribution in [2.24, 2.45) is 5.73 Å². The molecule has 1 heterocycles. The van der Waals surface area contributed by atoms with Gasteiger partial charge in [-0.1, -0.05) is 20.3 Å². The van der Waals surface area contributed by atoms with Gasteiger partial charge in [-0.2, -0.15) is 0 Å². The molecule has 1 aliphatic heterocycles. The number of nitrogens with two attached hydrogens (primary N) is 1. The summed E-state index contributed by atoms with van der Waals surface area (Å²) in [6.45, 7) is 4.11. The van der Waals surface area contributed by atoms with Crippen LogP contribution in [-0.4, -0.2) is 29.5 Å². The van der Waals surface area contributed by atoms with E-state index in [-0.39, 0.29) is 18.2 Å². The molecule has 0 radical (unpaired) electrons. The van der Waals surface area contributed by atoms with E-state index in [4.69, 9.17) is 10.5 Å². The summed E-state index contributed by atoms with van der Waals surface area (Å²) in [6.07, 6.45) is 2.41. The Morgan fingerprint density at radius 3 is 2.42 bits per heavy atom. The van der Waals surface area contributed by atoms with E-state index in [1.54, 1.807) is 0 Å². The quantitative estimate of drug-likeness (QED) is 0.659. The summed E-state index contributed by atoms with van der Waals surface area (Å²) in [5, 5.41) is 9.60. The van der Waals surface area contributed by atoms with Gasteiger partial charge in [0.25, 0.3) is 0 Å². The first-order valence-corrected chi connectivity index (χ1v) is 4.79. The van der Waals surface area contributed by atoms with Crippen LogP contribution < -0.4 is 5.73 Å². The molecule has 0 saturated carbocycles. The molecule has 3 heteroatoms. The zero-order valence-corrected chi connectivity index (χ0v) is 7.86. The van der Waals surface area contributed by atoms with Crippen LogP contribution in [0.3, 0.4) is 0 Å². The number of hydrogen-bond acceptors (Lipinski definition) is 3. The van der Waals surface area contributed by atoms with Crippen LogP contribution in [-0.2, 0) is 4.74 Å². The Balaban J connectivity index is 2.48. The van der Waals surface area contributed by atoms with Gasteiger partial charge >= 0.3 is 0 Å². The fourth-order valence-electron chi connectivity index (χ4n) is 1.75. The van der Waals surface area contributed by atoms with Crippen LogP contribution in [0, 0.1) is 0 Å². The van der Waals surface area contributed by atoms with Crippen molar-refractivity contribution in [1.29, 1.82) is 0 Å². The molecule has 0 bridgehead atoms.